The van der Waals surface area contributed by atoms with Crippen molar-refractivity contribution in [3.63, 3.8) is 0 Å². The van der Waals surface area contributed by atoms with Gasteiger partial charge >= 0.3 is 0 Å². The van der Waals surface area contributed by atoms with Gasteiger partial charge in [-0.2, -0.15) is 0 Å². The van der Waals surface area contributed by atoms with E-state index in [1.165, 1.54) is 44.5 Å². The predicted molar refractivity (Wildman–Crippen MR) is 185 cm³/mol. The van der Waals surface area contributed by atoms with Gasteiger partial charge in [-0.3, -0.25) is 0 Å². The first-order chi connectivity index (χ1) is 20.7. The van der Waals surface area contributed by atoms with Crippen LogP contribution in [0.25, 0.3) is 11.1 Å². The van der Waals surface area contributed by atoms with Crippen LogP contribution in [0.3, 0.4) is 0 Å². The van der Waals surface area contributed by atoms with Crippen LogP contribution in [0.2, 0.25) is 0 Å². The first kappa shape index (κ1) is 28.2. The summed E-state index contributed by atoms with van der Waals surface area (Å²) in [7, 11) is 0. The Labute approximate surface area is 265 Å². The van der Waals surface area contributed by atoms with Gasteiger partial charge in [-0.15, -0.1) is 0 Å². The smallest absolute Gasteiger partial charge is 0.0257 e. The molecule has 0 spiro atoms. The molecule has 0 atom stereocenters. The molecule has 0 saturated heterocycles. The minimum absolute atomic E-state index is 0.893. The van der Waals surface area contributed by atoms with Crippen LogP contribution in [0.4, 0.5) is 0 Å². The lowest BCUT2D eigenvalue weighted by molar-refractivity contribution is 1.18. The van der Waals surface area contributed by atoms with Crippen LogP contribution in [0.5, 0.6) is 0 Å². The Balaban J connectivity index is 1.52. The molecule has 0 unspecified atom stereocenters. The van der Waals surface area contributed by atoms with E-state index in [1.807, 2.05) is 0 Å². The van der Waals surface area contributed by atoms with Gasteiger partial charge in [0.2, 0.25) is 0 Å². The average Bonchev–Trinajstić information content (AvgIpc) is 3.03. The molecule has 6 aromatic carbocycles. The summed E-state index contributed by atoms with van der Waals surface area (Å²) < 4.78 is 2.17. The quantitative estimate of drug-likeness (QED) is 0.141. The molecular formula is C40H30Br2. The lowest BCUT2D eigenvalue weighted by atomic mass is 9.85. The Bertz CT molecular complexity index is 1670. The molecule has 2 heteroatoms. The fraction of sp³-hybridized carbons (Fsp3) is 0.0500. The first-order valence-electron chi connectivity index (χ1n) is 14.2. The third-order valence-electron chi connectivity index (χ3n) is 7.48. The molecule has 6 rings (SSSR count). The van der Waals surface area contributed by atoms with Crippen LogP contribution < -0.4 is 0 Å². The Hall–Kier alpha value is -3.98. The van der Waals surface area contributed by atoms with Gasteiger partial charge in [-0.25, -0.2) is 0 Å². The lowest BCUT2D eigenvalue weighted by Gasteiger charge is -2.21. The van der Waals surface area contributed by atoms with Crippen LogP contribution in [-0.4, -0.2) is 0 Å². The highest BCUT2D eigenvalue weighted by Gasteiger charge is 2.20. The standard InChI is InChI=1S/C40H30Br2/c41-37-27-31(25-29-13-5-1-6-14-29)21-23-35(37)39(33-17-9-3-10-18-33)40(34-19-11-4-12-20-34)36-24-22-32(28-38(36)42)26-30-15-7-2-8-16-30/h1-24,27-28H,25-26H2. The minimum atomic E-state index is 0.893. The largest absolute Gasteiger partial charge is 0.0622 e. The average molecular weight is 670 g/mol. The van der Waals surface area contributed by atoms with E-state index >= 15 is 0 Å². The lowest BCUT2D eigenvalue weighted by Crippen LogP contribution is -2.00. The molecule has 0 heterocycles. The second-order valence-electron chi connectivity index (χ2n) is 10.4. The summed E-state index contributed by atoms with van der Waals surface area (Å²) in [5, 5.41) is 0. The SMILES string of the molecule is Brc1cc(Cc2ccccc2)ccc1C(=C(c1ccccc1)c1ccc(Cc2ccccc2)cc1Br)c1ccccc1. The third-order valence-corrected chi connectivity index (χ3v) is 8.79. The highest BCUT2D eigenvalue weighted by molar-refractivity contribution is 9.10. The van der Waals surface area contributed by atoms with Crippen LogP contribution in [0.1, 0.15) is 44.5 Å². The Morgan fingerprint density at radius 1 is 0.357 bits per heavy atom. The summed E-state index contributed by atoms with van der Waals surface area (Å²) >= 11 is 7.99. The molecule has 0 aliphatic rings. The normalized spacial score (nSPS) is 11.7. The van der Waals surface area contributed by atoms with Crippen molar-refractivity contribution < 1.29 is 0 Å². The van der Waals surface area contributed by atoms with Gasteiger partial charge in [-0.05, 0) is 80.6 Å². The number of rotatable bonds is 8. The zero-order valence-electron chi connectivity index (χ0n) is 23.2. The molecule has 0 radical (unpaired) electrons. The molecule has 0 aromatic heterocycles. The third kappa shape index (κ3) is 6.57. The van der Waals surface area contributed by atoms with Crippen molar-refractivity contribution in [3.8, 4) is 0 Å². The van der Waals surface area contributed by atoms with E-state index < -0.39 is 0 Å². The summed E-state index contributed by atoms with van der Waals surface area (Å²) in [6.45, 7) is 0. The molecule has 0 aliphatic heterocycles. The van der Waals surface area contributed by atoms with E-state index in [9.17, 15) is 0 Å². The van der Waals surface area contributed by atoms with Gasteiger partial charge in [0.25, 0.3) is 0 Å². The van der Waals surface area contributed by atoms with Gasteiger partial charge in [0.05, 0.1) is 0 Å². The van der Waals surface area contributed by atoms with Crippen molar-refractivity contribution in [2.45, 2.75) is 12.8 Å². The van der Waals surface area contributed by atoms with Crippen LogP contribution in [-0.2, 0) is 12.8 Å². The van der Waals surface area contributed by atoms with Crippen molar-refractivity contribution >= 4 is 43.0 Å². The Kier molecular flexibility index (Phi) is 8.94. The molecule has 0 saturated carbocycles. The number of halogens is 2. The molecule has 0 N–H and O–H groups in total. The van der Waals surface area contributed by atoms with Crippen LogP contribution >= 0.6 is 31.9 Å². The second kappa shape index (κ2) is 13.3. The Morgan fingerprint density at radius 2 is 0.690 bits per heavy atom. The molecular weight excluding hydrogens is 640 g/mol. The summed E-state index contributed by atoms with van der Waals surface area (Å²) in [5.74, 6) is 0. The zero-order valence-corrected chi connectivity index (χ0v) is 26.4. The maximum Gasteiger partial charge on any atom is 0.0257 e. The first-order valence-corrected chi connectivity index (χ1v) is 15.7. The molecule has 0 nitrogen and oxygen atoms in total. The van der Waals surface area contributed by atoms with Crippen LogP contribution in [0, 0.1) is 0 Å². The van der Waals surface area contributed by atoms with Gasteiger partial charge < -0.3 is 0 Å². The maximum atomic E-state index is 3.99. The number of hydrogen-bond acceptors (Lipinski definition) is 0. The van der Waals surface area contributed by atoms with E-state index in [0.717, 1.165) is 32.9 Å². The van der Waals surface area contributed by atoms with Crippen molar-refractivity contribution in [1.82, 2.24) is 0 Å². The highest BCUT2D eigenvalue weighted by Crippen LogP contribution is 2.42. The molecule has 0 amide bonds. The summed E-state index contributed by atoms with van der Waals surface area (Å²) in [6, 6.07) is 56.3. The van der Waals surface area contributed by atoms with Gasteiger partial charge in [0, 0.05) is 8.95 Å². The molecule has 6 aromatic rings. The molecule has 204 valence electrons. The highest BCUT2D eigenvalue weighted by atomic mass is 79.9. The topological polar surface area (TPSA) is 0 Å². The molecule has 0 aliphatic carbocycles. The fourth-order valence-corrected chi connectivity index (χ4v) is 6.73. The van der Waals surface area contributed by atoms with E-state index in [2.05, 4.69) is 190 Å². The monoisotopic (exact) mass is 668 g/mol. The number of benzene rings is 6. The Morgan fingerprint density at radius 3 is 1.02 bits per heavy atom. The van der Waals surface area contributed by atoms with Crippen molar-refractivity contribution in [2.24, 2.45) is 0 Å². The maximum absolute atomic E-state index is 3.99. The molecule has 42 heavy (non-hydrogen) atoms. The molecule has 0 fully saturated rings. The van der Waals surface area contributed by atoms with E-state index in [0.29, 0.717) is 0 Å². The van der Waals surface area contributed by atoms with Gasteiger partial charge in [0.15, 0.2) is 0 Å². The summed E-state index contributed by atoms with van der Waals surface area (Å²) in [6.07, 6.45) is 1.79. The second-order valence-corrected chi connectivity index (χ2v) is 12.1. The molecule has 0 bridgehead atoms. The fourth-order valence-electron chi connectivity index (χ4n) is 5.48. The summed E-state index contributed by atoms with van der Waals surface area (Å²) in [5.41, 5.74) is 12.2. The van der Waals surface area contributed by atoms with E-state index in [4.69, 9.17) is 0 Å². The predicted octanol–water partition coefficient (Wildman–Crippen LogP) is 11.4. The van der Waals surface area contributed by atoms with Gasteiger partial charge in [-0.1, -0.05) is 177 Å². The summed E-state index contributed by atoms with van der Waals surface area (Å²) in [4.78, 5) is 0. The van der Waals surface area contributed by atoms with Gasteiger partial charge in [0.1, 0.15) is 0 Å². The minimum Gasteiger partial charge on any atom is -0.0622 e. The van der Waals surface area contributed by atoms with E-state index in [-0.39, 0.29) is 0 Å². The van der Waals surface area contributed by atoms with Crippen molar-refractivity contribution in [1.29, 1.82) is 0 Å². The van der Waals surface area contributed by atoms with Crippen molar-refractivity contribution in [3.05, 3.63) is 211 Å². The van der Waals surface area contributed by atoms with Crippen molar-refractivity contribution in [2.75, 3.05) is 0 Å². The zero-order chi connectivity index (χ0) is 28.7. The van der Waals surface area contributed by atoms with Crippen LogP contribution in [0.15, 0.2) is 167 Å². The van der Waals surface area contributed by atoms with E-state index in [1.54, 1.807) is 0 Å². The number of hydrogen-bond donors (Lipinski definition) is 0.